The van der Waals surface area contributed by atoms with Crippen LogP contribution in [0.2, 0.25) is 0 Å². The van der Waals surface area contributed by atoms with Crippen LogP contribution in [0.25, 0.3) is 96.3 Å². The SMILES string of the molecule is c1ccc(N(c2ccc3c(c2)-c2ccccc2N(c2ccccc2)c2ccccc2-3)c2ccc3c(c2)c2ccccc2c2ccccc2c2ccccc2c2cc4sc5ccccc5c4cc32)cc1. The minimum absolute atomic E-state index is 1.08. The van der Waals surface area contributed by atoms with E-state index in [9.17, 15) is 0 Å². The molecule has 0 saturated heterocycles. The summed E-state index contributed by atoms with van der Waals surface area (Å²) in [6.07, 6.45) is 0. The monoisotopic (exact) mass is 894 g/mol. The largest absolute Gasteiger partial charge is 0.310 e. The molecule has 0 amide bonds. The fourth-order valence-electron chi connectivity index (χ4n) is 11.1. The van der Waals surface area contributed by atoms with Gasteiger partial charge in [0.25, 0.3) is 0 Å². The second-order valence-electron chi connectivity index (χ2n) is 18.0. The Morgan fingerprint density at radius 1 is 0.246 bits per heavy atom. The van der Waals surface area contributed by atoms with Gasteiger partial charge in [-0.05, 0) is 144 Å². The Bertz CT molecular complexity index is 4270. The second kappa shape index (κ2) is 16.0. The lowest BCUT2D eigenvalue weighted by molar-refractivity contribution is 1.29. The molecule has 13 aromatic rings. The van der Waals surface area contributed by atoms with Crippen LogP contribution in [0.4, 0.5) is 34.1 Å². The number of anilines is 6. The van der Waals surface area contributed by atoms with Gasteiger partial charge in [-0.25, -0.2) is 0 Å². The molecular weight excluding hydrogens is 853 g/mol. The van der Waals surface area contributed by atoms with Crippen molar-refractivity contribution in [1.82, 2.24) is 0 Å². The molecule has 0 spiro atoms. The van der Waals surface area contributed by atoms with Gasteiger partial charge in [-0.3, -0.25) is 0 Å². The molecule has 0 aliphatic carbocycles. The van der Waals surface area contributed by atoms with E-state index in [4.69, 9.17) is 0 Å². The van der Waals surface area contributed by atoms with E-state index in [0.29, 0.717) is 0 Å². The van der Waals surface area contributed by atoms with E-state index in [1.165, 1.54) is 96.3 Å². The summed E-state index contributed by atoms with van der Waals surface area (Å²) >= 11 is 1.88. The Hall–Kier alpha value is -8.76. The minimum Gasteiger partial charge on any atom is -0.310 e. The number of rotatable bonds is 4. The fourth-order valence-corrected chi connectivity index (χ4v) is 12.3. The molecule has 0 radical (unpaired) electrons. The molecule has 0 unspecified atom stereocenters. The molecule has 0 atom stereocenters. The number of thiophene rings is 1. The number of nitrogens with zero attached hydrogens (tertiary/aromatic N) is 2. The molecule has 0 bridgehead atoms. The molecule has 0 fully saturated rings. The number of hydrogen-bond donors (Lipinski definition) is 0. The molecule has 12 aromatic carbocycles. The van der Waals surface area contributed by atoms with Crippen molar-refractivity contribution in [2.24, 2.45) is 0 Å². The summed E-state index contributed by atoms with van der Waals surface area (Å²) in [5.41, 5.74) is 11.5. The molecule has 0 saturated carbocycles. The van der Waals surface area contributed by atoms with Crippen molar-refractivity contribution >= 4 is 119 Å². The van der Waals surface area contributed by atoms with Crippen molar-refractivity contribution < 1.29 is 0 Å². The zero-order valence-electron chi connectivity index (χ0n) is 37.6. The highest BCUT2D eigenvalue weighted by molar-refractivity contribution is 7.25. The highest BCUT2D eigenvalue weighted by Gasteiger charge is 2.27. The number of benzene rings is 11. The smallest absolute Gasteiger partial charge is 0.0540 e. The van der Waals surface area contributed by atoms with E-state index in [1.807, 2.05) is 11.3 Å². The molecule has 1 aliphatic heterocycles. The van der Waals surface area contributed by atoms with Crippen molar-refractivity contribution in [2.45, 2.75) is 0 Å². The van der Waals surface area contributed by atoms with Crippen molar-refractivity contribution in [2.75, 3.05) is 9.80 Å². The highest BCUT2D eigenvalue weighted by atomic mass is 32.1. The van der Waals surface area contributed by atoms with Gasteiger partial charge in [-0.1, -0.05) is 176 Å². The van der Waals surface area contributed by atoms with Crippen LogP contribution >= 0.6 is 11.3 Å². The van der Waals surface area contributed by atoms with Crippen LogP contribution in [0.3, 0.4) is 0 Å². The van der Waals surface area contributed by atoms with Gasteiger partial charge < -0.3 is 9.80 Å². The Labute approximate surface area is 404 Å². The van der Waals surface area contributed by atoms with Crippen molar-refractivity contribution in [3.63, 3.8) is 0 Å². The number of hydrogen-bond acceptors (Lipinski definition) is 3. The van der Waals surface area contributed by atoms with Gasteiger partial charge in [0.1, 0.15) is 0 Å². The summed E-state index contributed by atoms with van der Waals surface area (Å²) in [4.78, 5) is 4.85. The maximum atomic E-state index is 2.48. The Kier molecular flexibility index (Phi) is 9.11. The average molecular weight is 895 g/mol. The summed E-state index contributed by atoms with van der Waals surface area (Å²) in [5, 5.41) is 14.8. The molecule has 1 aliphatic rings. The van der Waals surface area contributed by atoms with E-state index < -0.39 is 0 Å². The van der Waals surface area contributed by atoms with Crippen LogP contribution in [0.15, 0.2) is 255 Å². The highest BCUT2D eigenvalue weighted by Crippen LogP contribution is 2.52. The first-order valence-corrected chi connectivity index (χ1v) is 24.5. The van der Waals surface area contributed by atoms with E-state index in [-0.39, 0.29) is 0 Å². The van der Waals surface area contributed by atoms with Crippen LogP contribution in [-0.2, 0) is 0 Å². The van der Waals surface area contributed by atoms with Gasteiger partial charge >= 0.3 is 0 Å². The average Bonchev–Trinajstić information content (AvgIpc) is 3.73. The van der Waals surface area contributed by atoms with Crippen LogP contribution in [-0.4, -0.2) is 0 Å². The summed E-state index contributed by atoms with van der Waals surface area (Å²) in [7, 11) is 0. The van der Waals surface area contributed by atoms with Crippen LogP contribution < -0.4 is 9.80 Å². The molecule has 69 heavy (non-hydrogen) atoms. The predicted molar refractivity (Wildman–Crippen MR) is 298 cm³/mol. The number of fused-ring (bicyclic) bond motifs is 18. The summed E-state index contributed by atoms with van der Waals surface area (Å²) in [6.45, 7) is 0. The Balaban J connectivity index is 1.10. The van der Waals surface area contributed by atoms with Gasteiger partial charge in [0.15, 0.2) is 0 Å². The van der Waals surface area contributed by atoms with Crippen molar-refractivity contribution in [1.29, 1.82) is 0 Å². The summed E-state index contributed by atoms with van der Waals surface area (Å²) < 4.78 is 2.60. The van der Waals surface area contributed by atoms with Crippen LogP contribution in [0.1, 0.15) is 0 Å². The maximum absolute atomic E-state index is 2.48. The van der Waals surface area contributed by atoms with Gasteiger partial charge in [-0.2, -0.15) is 0 Å². The first-order chi connectivity index (χ1) is 34.2. The summed E-state index contributed by atoms with van der Waals surface area (Å²) in [5.74, 6) is 0. The quantitative estimate of drug-likeness (QED) is 0.174. The van der Waals surface area contributed by atoms with E-state index in [1.54, 1.807) is 0 Å². The lowest BCUT2D eigenvalue weighted by atomic mass is 9.93. The zero-order chi connectivity index (χ0) is 45.4. The normalized spacial score (nSPS) is 12.0. The van der Waals surface area contributed by atoms with Crippen molar-refractivity contribution in [3.05, 3.63) is 255 Å². The van der Waals surface area contributed by atoms with Crippen molar-refractivity contribution in [3.8, 4) is 22.3 Å². The van der Waals surface area contributed by atoms with E-state index >= 15 is 0 Å². The molecule has 3 heteroatoms. The molecule has 1 aromatic heterocycles. The van der Waals surface area contributed by atoms with Gasteiger partial charge in [0, 0.05) is 54.0 Å². The second-order valence-corrected chi connectivity index (χ2v) is 19.0. The van der Waals surface area contributed by atoms with Crippen LogP contribution in [0.5, 0.6) is 0 Å². The zero-order valence-corrected chi connectivity index (χ0v) is 38.4. The third-order valence-corrected chi connectivity index (χ3v) is 15.3. The van der Waals surface area contributed by atoms with E-state index in [0.717, 1.165) is 34.1 Å². The maximum Gasteiger partial charge on any atom is 0.0540 e. The lowest BCUT2D eigenvalue weighted by Gasteiger charge is -2.27. The van der Waals surface area contributed by atoms with Gasteiger partial charge in [0.05, 0.1) is 11.4 Å². The first kappa shape index (κ1) is 39.4. The third-order valence-electron chi connectivity index (χ3n) is 14.2. The standard InChI is InChI=1S/C66H42N2S/c1-3-19-43(20-4-1)67(46-35-37-53-55-29-13-16-32-63(55)68(44-21-5-2-6-22-44)64-33-17-14-30-56(64)59(53)40-46)45-36-38-54-58(39-45)51-27-11-9-25-49(51)47-23-7-8-24-48(47)50-26-10-12-28-52(50)61-42-66-62(41-60(54)61)57-31-15-18-34-65(57)69-66/h1-42H. The van der Waals surface area contributed by atoms with Crippen LogP contribution in [0, 0.1) is 0 Å². The van der Waals surface area contributed by atoms with Gasteiger partial charge in [0.2, 0.25) is 0 Å². The van der Waals surface area contributed by atoms with E-state index in [2.05, 4.69) is 265 Å². The molecule has 0 N–H and O–H groups in total. The molecule has 2 nitrogen and oxygen atoms in total. The van der Waals surface area contributed by atoms with Gasteiger partial charge in [-0.15, -0.1) is 11.3 Å². The molecule has 14 rings (SSSR count). The third kappa shape index (κ3) is 6.32. The Morgan fingerprint density at radius 3 is 1.33 bits per heavy atom. The fraction of sp³-hybridized carbons (Fsp3) is 0. The first-order valence-electron chi connectivity index (χ1n) is 23.7. The predicted octanol–water partition coefficient (Wildman–Crippen LogP) is 19.5. The number of para-hydroxylation sites is 4. The topological polar surface area (TPSA) is 6.48 Å². The molecule has 322 valence electrons. The Morgan fingerprint density at radius 2 is 0.696 bits per heavy atom. The lowest BCUT2D eigenvalue weighted by Crippen LogP contribution is -2.10. The summed E-state index contributed by atoms with van der Waals surface area (Å²) in [6, 6.07) is 94.3. The molecular formula is C66H42N2S. The minimum atomic E-state index is 1.08. The molecule has 2 heterocycles.